The highest BCUT2D eigenvalue weighted by Gasteiger charge is 2.39. The number of rotatable bonds is 8. The third kappa shape index (κ3) is 3.76. The summed E-state index contributed by atoms with van der Waals surface area (Å²) < 4.78 is 0. The van der Waals surface area contributed by atoms with E-state index >= 15 is 0 Å². The smallest absolute Gasteiger partial charge is 0.00955 e. The zero-order valence-electron chi connectivity index (χ0n) is 11.4. The van der Waals surface area contributed by atoms with Crippen LogP contribution < -0.4 is 5.73 Å². The molecule has 96 valence electrons. The van der Waals surface area contributed by atoms with Gasteiger partial charge < -0.3 is 5.73 Å². The van der Waals surface area contributed by atoms with E-state index in [0.29, 0.717) is 11.5 Å². The fraction of sp³-hybridized carbons (Fsp3) is 1.00. The maximum absolute atomic E-state index is 6.38. The van der Waals surface area contributed by atoms with E-state index in [-0.39, 0.29) is 0 Å². The molecule has 0 amide bonds. The maximum atomic E-state index is 6.38. The molecule has 16 heavy (non-hydrogen) atoms. The molecule has 1 fully saturated rings. The first-order valence-corrected chi connectivity index (χ1v) is 7.51. The third-order valence-corrected chi connectivity index (χ3v) is 4.53. The van der Waals surface area contributed by atoms with Crippen molar-refractivity contribution in [3.05, 3.63) is 0 Å². The molecule has 2 N–H and O–H groups in total. The van der Waals surface area contributed by atoms with Gasteiger partial charge in [-0.25, -0.2) is 0 Å². The Hall–Kier alpha value is -0.0400. The quantitative estimate of drug-likeness (QED) is 0.598. The molecule has 1 aliphatic rings. The lowest BCUT2D eigenvalue weighted by Crippen LogP contribution is -2.37. The van der Waals surface area contributed by atoms with E-state index in [2.05, 4.69) is 13.8 Å². The Kier molecular flexibility index (Phi) is 6.41. The Balaban J connectivity index is 2.40. The second kappa shape index (κ2) is 7.32. The van der Waals surface area contributed by atoms with Gasteiger partial charge in [-0.05, 0) is 31.1 Å². The van der Waals surface area contributed by atoms with Crippen molar-refractivity contribution in [3.63, 3.8) is 0 Å². The van der Waals surface area contributed by atoms with Crippen LogP contribution in [0.15, 0.2) is 0 Å². The Labute approximate surface area is 102 Å². The van der Waals surface area contributed by atoms with Crippen molar-refractivity contribution in [1.29, 1.82) is 0 Å². The molecule has 0 aromatic rings. The number of unbranched alkanes of at least 4 members (excludes halogenated alkanes) is 4. The molecule has 1 aliphatic carbocycles. The van der Waals surface area contributed by atoms with Gasteiger partial charge in [-0.2, -0.15) is 0 Å². The highest BCUT2D eigenvalue weighted by molar-refractivity contribution is 4.94. The molecule has 0 heterocycles. The van der Waals surface area contributed by atoms with Crippen molar-refractivity contribution < 1.29 is 0 Å². The second-order valence-corrected chi connectivity index (χ2v) is 5.78. The number of hydrogen-bond acceptors (Lipinski definition) is 1. The Bertz CT molecular complexity index is 166. The monoisotopic (exact) mass is 225 g/mol. The van der Waals surface area contributed by atoms with Crippen molar-refractivity contribution in [3.8, 4) is 0 Å². The van der Waals surface area contributed by atoms with Crippen LogP contribution in [0, 0.1) is 5.41 Å². The van der Waals surface area contributed by atoms with Gasteiger partial charge in [0.2, 0.25) is 0 Å². The first-order valence-electron chi connectivity index (χ1n) is 7.51. The zero-order chi connectivity index (χ0) is 11.9. The Morgan fingerprint density at radius 2 is 1.56 bits per heavy atom. The molecule has 1 atom stereocenters. The van der Waals surface area contributed by atoms with Crippen LogP contribution in [0.4, 0.5) is 0 Å². The average molecular weight is 225 g/mol. The fourth-order valence-electron chi connectivity index (χ4n) is 3.37. The molecule has 0 aromatic heterocycles. The minimum Gasteiger partial charge on any atom is -0.327 e. The lowest BCUT2D eigenvalue weighted by atomic mass is 9.74. The molecule has 0 aliphatic heterocycles. The standard InChI is InChI=1S/C15H31N/c1-3-5-7-11-15(12-8-6-4-2)13-9-10-14(15)16/h14H,3-13,16H2,1-2H3. The third-order valence-electron chi connectivity index (χ3n) is 4.53. The van der Waals surface area contributed by atoms with E-state index in [0.717, 1.165) is 0 Å². The molecule has 0 saturated heterocycles. The lowest BCUT2D eigenvalue weighted by molar-refractivity contribution is 0.201. The van der Waals surface area contributed by atoms with Gasteiger partial charge in [0, 0.05) is 6.04 Å². The SMILES string of the molecule is CCCCCC1(CCCCC)CCCC1N. The summed E-state index contributed by atoms with van der Waals surface area (Å²) in [6.45, 7) is 4.58. The normalized spacial score (nSPS) is 23.8. The van der Waals surface area contributed by atoms with Crippen molar-refractivity contribution in [2.24, 2.45) is 11.1 Å². The van der Waals surface area contributed by atoms with Crippen LogP contribution in [0.3, 0.4) is 0 Å². The average Bonchev–Trinajstić information content (AvgIpc) is 2.62. The molecule has 0 aromatic carbocycles. The van der Waals surface area contributed by atoms with Gasteiger partial charge >= 0.3 is 0 Å². The van der Waals surface area contributed by atoms with E-state index in [1.807, 2.05) is 0 Å². The van der Waals surface area contributed by atoms with Gasteiger partial charge in [0.25, 0.3) is 0 Å². The summed E-state index contributed by atoms with van der Waals surface area (Å²) in [4.78, 5) is 0. The number of hydrogen-bond donors (Lipinski definition) is 1. The van der Waals surface area contributed by atoms with Crippen LogP contribution >= 0.6 is 0 Å². The van der Waals surface area contributed by atoms with E-state index in [1.54, 1.807) is 0 Å². The predicted octanol–water partition coefficient (Wildman–Crippen LogP) is 4.64. The Morgan fingerprint density at radius 1 is 1.00 bits per heavy atom. The van der Waals surface area contributed by atoms with Crippen molar-refractivity contribution in [1.82, 2.24) is 0 Å². The van der Waals surface area contributed by atoms with Gasteiger partial charge in [-0.15, -0.1) is 0 Å². The summed E-state index contributed by atoms with van der Waals surface area (Å²) in [6, 6.07) is 0.501. The zero-order valence-corrected chi connectivity index (χ0v) is 11.4. The van der Waals surface area contributed by atoms with Crippen molar-refractivity contribution in [2.45, 2.75) is 90.5 Å². The minimum absolute atomic E-state index is 0.501. The van der Waals surface area contributed by atoms with E-state index in [9.17, 15) is 0 Å². The molecule has 1 rings (SSSR count). The molecule has 0 spiro atoms. The molecule has 1 heteroatoms. The van der Waals surface area contributed by atoms with Gasteiger partial charge in [0.05, 0.1) is 0 Å². The summed E-state index contributed by atoms with van der Waals surface area (Å²) in [6.07, 6.45) is 15.1. The van der Waals surface area contributed by atoms with Crippen LogP contribution in [0.2, 0.25) is 0 Å². The minimum atomic E-state index is 0.501. The van der Waals surface area contributed by atoms with Crippen LogP contribution in [0.25, 0.3) is 0 Å². The van der Waals surface area contributed by atoms with Crippen molar-refractivity contribution >= 4 is 0 Å². The maximum Gasteiger partial charge on any atom is 0.00955 e. The molecule has 1 saturated carbocycles. The summed E-state index contributed by atoms with van der Waals surface area (Å²) in [5, 5.41) is 0. The molecular weight excluding hydrogens is 194 g/mol. The second-order valence-electron chi connectivity index (χ2n) is 5.78. The van der Waals surface area contributed by atoms with Crippen LogP contribution in [-0.4, -0.2) is 6.04 Å². The molecule has 1 unspecified atom stereocenters. The summed E-state index contributed by atoms with van der Waals surface area (Å²) in [5.41, 5.74) is 6.91. The predicted molar refractivity (Wildman–Crippen MR) is 72.5 cm³/mol. The lowest BCUT2D eigenvalue weighted by Gasteiger charge is -2.34. The topological polar surface area (TPSA) is 26.0 Å². The summed E-state index contributed by atoms with van der Waals surface area (Å²) in [5.74, 6) is 0. The molecule has 0 bridgehead atoms. The van der Waals surface area contributed by atoms with E-state index < -0.39 is 0 Å². The van der Waals surface area contributed by atoms with Crippen LogP contribution in [0.1, 0.15) is 84.5 Å². The van der Waals surface area contributed by atoms with Gasteiger partial charge in [0.15, 0.2) is 0 Å². The first-order chi connectivity index (χ1) is 7.75. The molecule has 1 nitrogen and oxygen atoms in total. The summed E-state index contributed by atoms with van der Waals surface area (Å²) in [7, 11) is 0. The van der Waals surface area contributed by atoms with Crippen LogP contribution in [0.5, 0.6) is 0 Å². The van der Waals surface area contributed by atoms with Gasteiger partial charge in [0.1, 0.15) is 0 Å². The summed E-state index contributed by atoms with van der Waals surface area (Å²) >= 11 is 0. The largest absolute Gasteiger partial charge is 0.327 e. The van der Waals surface area contributed by atoms with Crippen LogP contribution in [-0.2, 0) is 0 Å². The highest BCUT2D eigenvalue weighted by atomic mass is 14.7. The van der Waals surface area contributed by atoms with E-state index in [1.165, 1.54) is 70.6 Å². The van der Waals surface area contributed by atoms with Gasteiger partial charge in [-0.1, -0.05) is 58.8 Å². The fourth-order valence-corrected chi connectivity index (χ4v) is 3.37. The van der Waals surface area contributed by atoms with Crippen molar-refractivity contribution in [2.75, 3.05) is 0 Å². The first kappa shape index (κ1) is 14.0. The van der Waals surface area contributed by atoms with E-state index in [4.69, 9.17) is 5.73 Å². The molecule has 0 radical (unpaired) electrons. The highest BCUT2D eigenvalue weighted by Crippen LogP contribution is 2.45. The number of nitrogens with two attached hydrogens (primary N) is 1. The molecular formula is C15H31N. The van der Waals surface area contributed by atoms with Gasteiger partial charge in [-0.3, -0.25) is 0 Å². The Morgan fingerprint density at radius 3 is 1.94 bits per heavy atom.